The minimum absolute atomic E-state index is 0.0700. The molecule has 0 aliphatic carbocycles. The van der Waals surface area contributed by atoms with Gasteiger partial charge >= 0.3 is 0 Å². The molecular formula is C26H24N2O2. The first-order chi connectivity index (χ1) is 14.8. The van der Waals surface area contributed by atoms with E-state index in [1.807, 2.05) is 24.3 Å². The van der Waals surface area contributed by atoms with Crippen LogP contribution < -0.4 is 9.47 Å². The highest BCUT2D eigenvalue weighted by molar-refractivity contribution is 5.81. The Balaban J connectivity index is 1.55. The number of hydrogen-bond donors (Lipinski definition) is 0. The SMILES string of the molecule is COc1ccc2nc3c(cc2c1)CN(Cc1ccccc1)C[C@H](c1ccccc1)O3. The van der Waals surface area contributed by atoms with Crippen molar-refractivity contribution in [1.82, 2.24) is 9.88 Å². The van der Waals surface area contributed by atoms with Gasteiger partial charge < -0.3 is 9.47 Å². The van der Waals surface area contributed by atoms with E-state index in [2.05, 4.69) is 65.6 Å². The van der Waals surface area contributed by atoms with Crippen molar-refractivity contribution in [1.29, 1.82) is 0 Å². The first-order valence-electron chi connectivity index (χ1n) is 10.2. The molecule has 150 valence electrons. The van der Waals surface area contributed by atoms with Gasteiger partial charge in [-0.05, 0) is 35.4 Å². The molecule has 0 bridgehead atoms. The van der Waals surface area contributed by atoms with Crippen LogP contribution >= 0.6 is 0 Å². The summed E-state index contributed by atoms with van der Waals surface area (Å²) in [4.78, 5) is 7.30. The average Bonchev–Trinajstić information content (AvgIpc) is 2.97. The van der Waals surface area contributed by atoms with Crippen LogP contribution in [0.3, 0.4) is 0 Å². The third-order valence-electron chi connectivity index (χ3n) is 5.55. The summed E-state index contributed by atoms with van der Waals surface area (Å²) in [6.45, 7) is 2.45. The lowest BCUT2D eigenvalue weighted by atomic mass is 10.1. The smallest absolute Gasteiger partial charge is 0.219 e. The van der Waals surface area contributed by atoms with E-state index in [1.165, 1.54) is 11.1 Å². The van der Waals surface area contributed by atoms with Gasteiger partial charge in [-0.1, -0.05) is 60.7 Å². The molecule has 0 fully saturated rings. The molecule has 1 aliphatic heterocycles. The van der Waals surface area contributed by atoms with Crippen LogP contribution in [0, 0.1) is 0 Å². The maximum atomic E-state index is 6.49. The van der Waals surface area contributed by atoms with Crippen molar-refractivity contribution in [2.24, 2.45) is 0 Å². The van der Waals surface area contributed by atoms with Gasteiger partial charge in [-0.2, -0.15) is 0 Å². The minimum atomic E-state index is -0.0700. The summed E-state index contributed by atoms with van der Waals surface area (Å²) in [6, 6.07) is 29.1. The number of methoxy groups -OCH3 is 1. The summed E-state index contributed by atoms with van der Waals surface area (Å²) in [5.74, 6) is 1.55. The summed E-state index contributed by atoms with van der Waals surface area (Å²) in [5, 5.41) is 1.06. The zero-order valence-corrected chi connectivity index (χ0v) is 17.0. The highest BCUT2D eigenvalue weighted by atomic mass is 16.5. The Hall–Kier alpha value is -3.37. The summed E-state index contributed by atoms with van der Waals surface area (Å²) in [7, 11) is 1.69. The van der Waals surface area contributed by atoms with E-state index >= 15 is 0 Å². The van der Waals surface area contributed by atoms with Crippen molar-refractivity contribution < 1.29 is 9.47 Å². The maximum absolute atomic E-state index is 6.49. The molecule has 4 heteroatoms. The van der Waals surface area contributed by atoms with Gasteiger partial charge in [-0.3, -0.25) is 4.90 Å². The van der Waals surface area contributed by atoms with Gasteiger partial charge in [0.15, 0.2) is 0 Å². The fourth-order valence-corrected chi connectivity index (χ4v) is 4.04. The van der Waals surface area contributed by atoms with E-state index in [1.54, 1.807) is 7.11 Å². The number of pyridine rings is 1. The summed E-state index contributed by atoms with van der Waals surface area (Å²) >= 11 is 0. The minimum Gasteiger partial charge on any atom is -0.497 e. The largest absolute Gasteiger partial charge is 0.497 e. The molecular weight excluding hydrogens is 372 g/mol. The van der Waals surface area contributed by atoms with Gasteiger partial charge in [0, 0.05) is 30.6 Å². The lowest BCUT2D eigenvalue weighted by Crippen LogP contribution is -2.27. The molecule has 0 saturated carbocycles. The quantitative estimate of drug-likeness (QED) is 0.464. The number of benzene rings is 3. The number of ether oxygens (including phenoxy) is 2. The average molecular weight is 396 g/mol. The summed E-state index contributed by atoms with van der Waals surface area (Å²) in [5.41, 5.74) is 4.48. The van der Waals surface area contributed by atoms with Crippen LogP contribution in [0.4, 0.5) is 0 Å². The highest BCUT2D eigenvalue weighted by Crippen LogP contribution is 2.33. The molecule has 5 rings (SSSR count). The zero-order valence-electron chi connectivity index (χ0n) is 17.0. The number of aromatic nitrogens is 1. The molecule has 3 aromatic carbocycles. The molecule has 1 aliphatic rings. The van der Waals surface area contributed by atoms with E-state index in [9.17, 15) is 0 Å². The maximum Gasteiger partial charge on any atom is 0.219 e. The molecule has 4 aromatic rings. The molecule has 0 amide bonds. The van der Waals surface area contributed by atoms with Crippen LogP contribution in [0.5, 0.6) is 11.6 Å². The van der Waals surface area contributed by atoms with Crippen LogP contribution in [0.25, 0.3) is 10.9 Å². The fourth-order valence-electron chi connectivity index (χ4n) is 4.04. The van der Waals surface area contributed by atoms with E-state index < -0.39 is 0 Å². The second-order valence-corrected chi connectivity index (χ2v) is 7.68. The predicted molar refractivity (Wildman–Crippen MR) is 119 cm³/mol. The van der Waals surface area contributed by atoms with Crippen molar-refractivity contribution in [3.05, 3.63) is 102 Å². The Morgan fingerprint density at radius 1 is 0.967 bits per heavy atom. The van der Waals surface area contributed by atoms with Crippen LogP contribution in [0.2, 0.25) is 0 Å². The second kappa shape index (κ2) is 8.17. The Kier molecular flexibility index (Phi) is 5.08. The second-order valence-electron chi connectivity index (χ2n) is 7.68. The predicted octanol–water partition coefficient (Wildman–Crippen LogP) is 5.38. The molecule has 0 radical (unpaired) electrons. The van der Waals surface area contributed by atoms with E-state index in [4.69, 9.17) is 14.5 Å². The molecule has 0 spiro atoms. The lowest BCUT2D eigenvalue weighted by molar-refractivity contribution is 0.140. The van der Waals surface area contributed by atoms with Crippen molar-refractivity contribution in [3.63, 3.8) is 0 Å². The molecule has 2 heterocycles. The van der Waals surface area contributed by atoms with Gasteiger partial charge in [0.25, 0.3) is 0 Å². The van der Waals surface area contributed by atoms with Crippen molar-refractivity contribution in [2.45, 2.75) is 19.2 Å². The summed E-state index contributed by atoms with van der Waals surface area (Å²) in [6.07, 6.45) is -0.0700. The number of nitrogens with zero attached hydrogens (tertiary/aromatic N) is 2. The Bertz CT molecular complexity index is 1150. The lowest BCUT2D eigenvalue weighted by Gasteiger charge is -2.24. The Morgan fingerprint density at radius 2 is 1.73 bits per heavy atom. The third kappa shape index (κ3) is 3.87. The van der Waals surface area contributed by atoms with Gasteiger partial charge in [0.1, 0.15) is 11.9 Å². The molecule has 0 saturated heterocycles. The van der Waals surface area contributed by atoms with E-state index in [0.717, 1.165) is 47.7 Å². The van der Waals surface area contributed by atoms with Gasteiger partial charge in [0.05, 0.1) is 12.6 Å². The molecule has 0 unspecified atom stereocenters. The van der Waals surface area contributed by atoms with Crippen LogP contribution in [-0.4, -0.2) is 23.5 Å². The van der Waals surface area contributed by atoms with E-state index in [-0.39, 0.29) is 6.10 Å². The van der Waals surface area contributed by atoms with Crippen molar-refractivity contribution in [2.75, 3.05) is 13.7 Å². The van der Waals surface area contributed by atoms with Gasteiger partial charge in [-0.15, -0.1) is 0 Å². The van der Waals surface area contributed by atoms with Crippen molar-refractivity contribution in [3.8, 4) is 11.6 Å². The van der Waals surface area contributed by atoms with Gasteiger partial charge in [0.2, 0.25) is 5.88 Å². The molecule has 0 N–H and O–H groups in total. The third-order valence-corrected chi connectivity index (χ3v) is 5.55. The first kappa shape index (κ1) is 18.6. The normalized spacial score (nSPS) is 16.5. The molecule has 30 heavy (non-hydrogen) atoms. The monoisotopic (exact) mass is 396 g/mol. The highest BCUT2D eigenvalue weighted by Gasteiger charge is 2.26. The number of hydrogen-bond acceptors (Lipinski definition) is 4. The van der Waals surface area contributed by atoms with Crippen LogP contribution in [-0.2, 0) is 13.1 Å². The van der Waals surface area contributed by atoms with E-state index in [0.29, 0.717) is 0 Å². The molecule has 4 nitrogen and oxygen atoms in total. The van der Waals surface area contributed by atoms with Crippen LogP contribution in [0.1, 0.15) is 22.8 Å². The topological polar surface area (TPSA) is 34.6 Å². The van der Waals surface area contributed by atoms with Crippen molar-refractivity contribution >= 4 is 10.9 Å². The Morgan fingerprint density at radius 3 is 2.50 bits per heavy atom. The molecule has 1 atom stereocenters. The number of rotatable bonds is 4. The number of fused-ring (bicyclic) bond motifs is 2. The zero-order chi connectivity index (χ0) is 20.3. The van der Waals surface area contributed by atoms with Gasteiger partial charge in [-0.25, -0.2) is 4.98 Å². The first-order valence-corrected chi connectivity index (χ1v) is 10.2. The van der Waals surface area contributed by atoms with Crippen LogP contribution in [0.15, 0.2) is 84.9 Å². The Labute approximate surface area is 176 Å². The fraction of sp³-hybridized carbons (Fsp3) is 0.192. The summed E-state index contributed by atoms with van der Waals surface area (Å²) < 4.78 is 11.9. The standard InChI is InChI=1S/C26H24N2O2/c1-29-23-12-13-24-21(15-23)14-22-17-28(16-19-8-4-2-5-9-19)18-25(30-26(22)27-24)20-10-6-3-7-11-20/h2-15,25H,16-18H2,1H3/t25-/m1/s1. The molecule has 1 aromatic heterocycles.